The summed E-state index contributed by atoms with van der Waals surface area (Å²) in [7, 11) is -0.706. The van der Waals surface area contributed by atoms with Crippen molar-refractivity contribution in [2.24, 2.45) is 14.1 Å². The first-order chi connectivity index (χ1) is 11.8. The summed E-state index contributed by atoms with van der Waals surface area (Å²) in [6.45, 7) is -0.110. The topological polar surface area (TPSA) is 119 Å². The molecule has 0 atom stereocenters. The zero-order valence-electron chi connectivity index (χ0n) is 13.7. The van der Waals surface area contributed by atoms with E-state index in [9.17, 15) is 18.0 Å². The molecule has 2 N–H and O–H groups in total. The lowest BCUT2D eigenvalue weighted by atomic mass is 10.2. The summed E-state index contributed by atoms with van der Waals surface area (Å²) >= 11 is 0. The summed E-state index contributed by atoms with van der Waals surface area (Å²) in [5.41, 5.74) is -0.00714. The van der Waals surface area contributed by atoms with E-state index in [4.69, 9.17) is 0 Å². The normalized spacial score (nSPS) is 11.9. The van der Waals surface area contributed by atoms with E-state index in [0.717, 1.165) is 4.57 Å². The molecule has 25 heavy (non-hydrogen) atoms. The minimum absolute atomic E-state index is 0.110. The average Bonchev–Trinajstić information content (AvgIpc) is 3.01. The molecule has 9 nitrogen and oxygen atoms in total. The van der Waals surface area contributed by atoms with E-state index >= 15 is 0 Å². The van der Waals surface area contributed by atoms with Gasteiger partial charge in [-0.15, -0.1) is 0 Å². The Morgan fingerprint density at radius 2 is 1.80 bits per heavy atom. The van der Waals surface area contributed by atoms with Crippen LogP contribution in [-0.4, -0.2) is 27.5 Å². The van der Waals surface area contributed by atoms with Crippen LogP contribution >= 0.6 is 0 Å². The van der Waals surface area contributed by atoms with Gasteiger partial charge in [0, 0.05) is 14.1 Å². The highest BCUT2D eigenvalue weighted by Gasteiger charge is 2.16. The predicted molar refractivity (Wildman–Crippen MR) is 92.5 cm³/mol. The van der Waals surface area contributed by atoms with Crippen molar-refractivity contribution < 1.29 is 8.42 Å². The van der Waals surface area contributed by atoms with Crippen molar-refractivity contribution in [3.05, 3.63) is 62.6 Å². The summed E-state index contributed by atoms with van der Waals surface area (Å²) in [6, 6.07) is 8.78. The lowest BCUT2D eigenvalue weighted by Crippen LogP contribution is -2.36. The van der Waals surface area contributed by atoms with Crippen LogP contribution in [0, 0.1) is 0 Å². The Morgan fingerprint density at radius 1 is 1.12 bits per heavy atom. The molecular formula is C15H17N5O4S. The Balaban J connectivity index is 1.84. The molecule has 0 radical (unpaired) electrons. The second-order valence-corrected chi connectivity index (χ2v) is 7.46. The second-order valence-electron chi connectivity index (χ2n) is 5.65. The standard InChI is InChI=1S/C15H17N5O4S/c1-19-13-12(14(21)20(2)15(19)22)17-11(18-13)8-16-25(23,24)9-10-6-4-3-5-7-10/h3-7,16H,8-9H2,1-2H3,(H,17,18). The number of nitrogens with zero attached hydrogens (tertiary/aromatic N) is 3. The molecule has 0 bridgehead atoms. The van der Waals surface area contributed by atoms with Crippen molar-refractivity contribution >= 4 is 21.2 Å². The predicted octanol–water partition coefficient (Wildman–Crippen LogP) is -0.420. The molecule has 3 aromatic rings. The van der Waals surface area contributed by atoms with Gasteiger partial charge in [-0.1, -0.05) is 30.3 Å². The molecule has 0 unspecified atom stereocenters. The van der Waals surface area contributed by atoms with Crippen molar-refractivity contribution in [1.82, 2.24) is 23.8 Å². The Bertz CT molecular complexity index is 1140. The molecule has 0 saturated heterocycles. The van der Waals surface area contributed by atoms with E-state index in [0.29, 0.717) is 5.56 Å². The Morgan fingerprint density at radius 3 is 2.48 bits per heavy atom. The minimum atomic E-state index is -3.57. The number of H-pyrrole nitrogens is 1. The lowest BCUT2D eigenvalue weighted by Gasteiger charge is -2.05. The van der Waals surface area contributed by atoms with Crippen LogP contribution in [0.3, 0.4) is 0 Å². The number of fused-ring (bicyclic) bond motifs is 1. The zero-order chi connectivity index (χ0) is 18.2. The number of imidazole rings is 1. The summed E-state index contributed by atoms with van der Waals surface area (Å²) in [4.78, 5) is 30.9. The minimum Gasteiger partial charge on any atom is -0.335 e. The van der Waals surface area contributed by atoms with Gasteiger partial charge in [0.2, 0.25) is 10.0 Å². The number of aromatic nitrogens is 4. The molecule has 0 aliphatic carbocycles. The Kier molecular flexibility index (Phi) is 4.31. The maximum atomic E-state index is 12.2. The maximum Gasteiger partial charge on any atom is 0.332 e. The van der Waals surface area contributed by atoms with Crippen LogP contribution in [-0.2, 0) is 36.4 Å². The first-order valence-electron chi connectivity index (χ1n) is 7.44. The number of nitrogens with one attached hydrogen (secondary N) is 2. The quantitative estimate of drug-likeness (QED) is 0.638. The molecule has 10 heteroatoms. The number of rotatable bonds is 5. The van der Waals surface area contributed by atoms with Crippen molar-refractivity contribution in [2.75, 3.05) is 0 Å². The van der Waals surface area contributed by atoms with E-state index in [1.807, 2.05) is 6.07 Å². The van der Waals surface area contributed by atoms with Crippen molar-refractivity contribution in [2.45, 2.75) is 12.3 Å². The summed E-state index contributed by atoms with van der Waals surface area (Å²) in [5.74, 6) is 0.0962. The van der Waals surface area contributed by atoms with Crippen molar-refractivity contribution in [3.63, 3.8) is 0 Å². The first-order valence-corrected chi connectivity index (χ1v) is 9.09. The van der Waals surface area contributed by atoms with Crippen LogP contribution in [0.4, 0.5) is 0 Å². The number of aromatic amines is 1. The third kappa shape index (κ3) is 3.39. The van der Waals surface area contributed by atoms with E-state index in [1.165, 1.54) is 18.7 Å². The van der Waals surface area contributed by atoms with Crippen LogP contribution in [0.15, 0.2) is 39.9 Å². The summed E-state index contributed by atoms with van der Waals surface area (Å²) < 4.78 is 28.9. The highest BCUT2D eigenvalue weighted by Crippen LogP contribution is 2.07. The number of sulfonamides is 1. The van der Waals surface area contributed by atoms with Gasteiger partial charge in [0.1, 0.15) is 11.3 Å². The third-order valence-corrected chi connectivity index (χ3v) is 5.10. The van der Waals surface area contributed by atoms with E-state index in [2.05, 4.69) is 14.7 Å². The number of benzene rings is 1. The number of hydrogen-bond acceptors (Lipinski definition) is 5. The fourth-order valence-corrected chi connectivity index (χ4v) is 3.57. The monoisotopic (exact) mass is 363 g/mol. The van der Waals surface area contributed by atoms with E-state index in [-0.39, 0.29) is 29.3 Å². The van der Waals surface area contributed by atoms with E-state index in [1.54, 1.807) is 24.3 Å². The Hall–Kier alpha value is -2.72. The van der Waals surface area contributed by atoms with Gasteiger partial charge in [0.05, 0.1) is 12.3 Å². The highest BCUT2D eigenvalue weighted by molar-refractivity contribution is 7.88. The molecule has 1 aromatic carbocycles. The third-order valence-electron chi connectivity index (χ3n) is 3.80. The van der Waals surface area contributed by atoms with Crippen LogP contribution < -0.4 is 16.0 Å². The molecule has 3 rings (SSSR count). The van der Waals surface area contributed by atoms with Crippen LogP contribution in [0.5, 0.6) is 0 Å². The van der Waals surface area contributed by atoms with Crippen LogP contribution in [0.1, 0.15) is 11.4 Å². The van der Waals surface area contributed by atoms with Gasteiger partial charge in [0.15, 0.2) is 5.65 Å². The average molecular weight is 363 g/mol. The van der Waals surface area contributed by atoms with Crippen LogP contribution in [0.25, 0.3) is 11.2 Å². The van der Waals surface area contributed by atoms with Gasteiger partial charge >= 0.3 is 5.69 Å². The summed E-state index contributed by atoms with van der Waals surface area (Å²) in [5, 5.41) is 0. The molecule has 0 fully saturated rings. The van der Waals surface area contributed by atoms with E-state index < -0.39 is 21.3 Å². The molecule has 0 aliphatic heterocycles. The lowest BCUT2D eigenvalue weighted by molar-refractivity contribution is 0.579. The first kappa shape index (κ1) is 17.1. The molecule has 2 heterocycles. The second kappa shape index (κ2) is 6.30. The van der Waals surface area contributed by atoms with Gasteiger partial charge in [-0.25, -0.2) is 22.9 Å². The maximum absolute atomic E-state index is 12.2. The summed E-state index contributed by atoms with van der Waals surface area (Å²) in [6.07, 6.45) is 0. The van der Waals surface area contributed by atoms with Gasteiger partial charge in [-0.05, 0) is 5.56 Å². The fraction of sp³-hybridized carbons (Fsp3) is 0.267. The molecule has 0 spiro atoms. The highest BCUT2D eigenvalue weighted by atomic mass is 32.2. The van der Waals surface area contributed by atoms with Gasteiger partial charge in [-0.2, -0.15) is 0 Å². The molecule has 132 valence electrons. The van der Waals surface area contributed by atoms with Gasteiger partial charge < -0.3 is 4.98 Å². The number of hydrogen-bond donors (Lipinski definition) is 2. The molecule has 0 aliphatic rings. The van der Waals surface area contributed by atoms with Crippen molar-refractivity contribution in [1.29, 1.82) is 0 Å². The van der Waals surface area contributed by atoms with Crippen LogP contribution in [0.2, 0.25) is 0 Å². The Labute approximate surface area is 143 Å². The van der Waals surface area contributed by atoms with Crippen molar-refractivity contribution in [3.8, 4) is 0 Å². The number of aryl methyl sites for hydroxylation is 1. The zero-order valence-corrected chi connectivity index (χ0v) is 14.5. The molecule has 0 saturated carbocycles. The smallest absolute Gasteiger partial charge is 0.332 e. The van der Waals surface area contributed by atoms with Gasteiger partial charge in [-0.3, -0.25) is 13.9 Å². The fourth-order valence-electron chi connectivity index (χ4n) is 2.48. The molecule has 0 amide bonds. The van der Waals surface area contributed by atoms with Gasteiger partial charge in [0.25, 0.3) is 5.56 Å². The SMILES string of the molecule is Cn1c(=O)c2[nH]c(CNS(=O)(=O)Cc3ccccc3)nc2n(C)c1=O. The molecule has 2 aromatic heterocycles. The largest absolute Gasteiger partial charge is 0.335 e. The molecular weight excluding hydrogens is 346 g/mol.